The van der Waals surface area contributed by atoms with Crippen LogP contribution in [0, 0.1) is 6.92 Å². The van der Waals surface area contributed by atoms with Crippen molar-refractivity contribution in [3.63, 3.8) is 0 Å². The summed E-state index contributed by atoms with van der Waals surface area (Å²) in [6, 6.07) is 8.68. The number of carbonyl (C=O) groups excluding carboxylic acids is 1. The van der Waals surface area contributed by atoms with E-state index in [0.29, 0.717) is 0 Å². The number of amides is 1. The van der Waals surface area contributed by atoms with Crippen molar-refractivity contribution in [2.24, 2.45) is 4.99 Å². The summed E-state index contributed by atoms with van der Waals surface area (Å²) in [4.78, 5) is 25.2. The van der Waals surface area contributed by atoms with Gasteiger partial charge in [0.2, 0.25) is 5.13 Å². The Morgan fingerprint density at radius 3 is 2.61 bits per heavy atom. The molecule has 2 aliphatic rings. The predicted molar refractivity (Wildman–Crippen MR) is 119 cm³/mol. The molecule has 0 bridgehead atoms. The topological polar surface area (TPSA) is 45.6 Å². The van der Waals surface area contributed by atoms with Crippen molar-refractivity contribution in [1.29, 1.82) is 0 Å². The standard InChI is InChI=1S/C22H25N3OS2/c1-3-16-9-11-17(12-10-16)13-19-20(26)25(18-7-5-4-6-8-18)22(28-19)24-21-23-15(2)14-27-21/h9-14,18H,3-8H2,1-2H3/b19-13-,24-22+. The highest BCUT2D eigenvalue weighted by molar-refractivity contribution is 8.18. The second kappa shape index (κ2) is 8.62. The third kappa shape index (κ3) is 4.23. The Morgan fingerprint density at radius 1 is 1.21 bits per heavy atom. The second-order valence-corrected chi connectivity index (χ2v) is 9.18. The minimum atomic E-state index is 0.0866. The number of thiazole rings is 1. The highest BCUT2D eigenvalue weighted by Gasteiger charge is 2.38. The van der Waals surface area contributed by atoms with Gasteiger partial charge in [0.1, 0.15) is 0 Å². The molecule has 1 aliphatic heterocycles. The second-order valence-electron chi connectivity index (χ2n) is 7.34. The van der Waals surface area contributed by atoms with Gasteiger partial charge in [0, 0.05) is 11.4 Å². The Morgan fingerprint density at radius 2 is 1.96 bits per heavy atom. The minimum Gasteiger partial charge on any atom is -0.283 e. The number of aliphatic imine (C=N–C) groups is 1. The Kier molecular flexibility index (Phi) is 5.97. The third-order valence-electron chi connectivity index (χ3n) is 5.26. The van der Waals surface area contributed by atoms with Gasteiger partial charge in [-0.25, -0.2) is 4.98 Å². The number of aryl methyl sites for hydroxylation is 2. The Bertz CT molecular complexity index is 908. The number of nitrogens with zero attached hydrogens (tertiary/aromatic N) is 3. The zero-order valence-electron chi connectivity index (χ0n) is 16.4. The van der Waals surface area contributed by atoms with Gasteiger partial charge in [0.25, 0.3) is 5.91 Å². The smallest absolute Gasteiger partial charge is 0.267 e. The van der Waals surface area contributed by atoms with E-state index in [1.165, 1.54) is 47.9 Å². The fourth-order valence-corrected chi connectivity index (χ4v) is 5.46. The summed E-state index contributed by atoms with van der Waals surface area (Å²) in [6.45, 7) is 4.12. The van der Waals surface area contributed by atoms with Crippen LogP contribution in [-0.4, -0.2) is 27.0 Å². The molecule has 1 aromatic carbocycles. The maximum absolute atomic E-state index is 13.3. The molecule has 0 radical (unpaired) electrons. The quantitative estimate of drug-likeness (QED) is 0.584. The Hall–Kier alpha value is -1.92. The van der Waals surface area contributed by atoms with Crippen molar-refractivity contribution in [2.75, 3.05) is 0 Å². The van der Waals surface area contributed by atoms with Gasteiger partial charge in [-0.1, -0.05) is 50.5 Å². The van der Waals surface area contributed by atoms with Gasteiger partial charge in [-0.15, -0.1) is 11.3 Å². The van der Waals surface area contributed by atoms with Crippen LogP contribution in [-0.2, 0) is 11.2 Å². The average Bonchev–Trinajstić information content (AvgIpc) is 3.26. The molecule has 6 heteroatoms. The molecule has 0 unspecified atom stereocenters. The lowest BCUT2D eigenvalue weighted by atomic mass is 9.94. The molecule has 1 aromatic heterocycles. The van der Waals surface area contributed by atoms with Gasteiger partial charge in [-0.2, -0.15) is 4.99 Å². The van der Waals surface area contributed by atoms with Crippen LogP contribution in [0.15, 0.2) is 39.5 Å². The van der Waals surface area contributed by atoms with Gasteiger partial charge in [0.15, 0.2) is 5.17 Å². The van der Waals surface area contributed by atoms with E-state index < -0.39 is 0 Å². The third-order valence-corrected chi connectivity index (χ3v) is 7.10. The largest absolute Gasteiger partial charge is 0.283 e. The highest BCUT2D eigenvalue weighted by Crippen LogP contribution is 2.38. The van der Waals surface area contributed by atoms with E-state index in [2.05, 4.69) is 36.2 Å². The van der Waals surface area contributed by atoms with Crippen LogP contribution in [0.25, 0.3) is 6.08 Å². The molecule has 1 amide bonds. The van der Waals surface area contributed by atoms with Crippen molar-refractivity contribution in [1.82, 2.24) is 9.88 Å². The molecule has 0 N–H and O–H groups in total. The van der Waals surface area contributed by atoms with Gasteiger partial charge in [0.05, 0.1) is 10.6 Å². The van der Waals surface area contributed by atoms with Crippen LogP contribution in [0.3, 0.4) is 0 Å². The van der Waals surface area contributed by atoms with E-state index in [1.54, 1.807) is 0 Å². The zero-order chi connectivity index (χ0) is 19.5. The summed E-state index contributed by atoms with van der Waals surface area (Å²) >= 11 is 3.01. The van der Waals surface area contributed by atoms with Gasteiger partial charge in [-0.05, 0) is 55.2 Å². The van der Waals surface area contributed by atoms with E-state index >= 15 is 0 Å². The SMILES string of the molecule is CCc1ccc(/C=C2\S/C(=N/c3nc(C)cs3)N(C3CCCCC3)C2=O)cc1. The lowest BCUT2D eigenvalue weighted by Crippen LogP contribution is -2.40. The molecule has 146 valence electrons. The number of amidine groups is 1. The first kappa shape index (κ1) is 19.4. The van der Waals surface area contributed by atoms with Gasteiger partial charge >= 0.3 is 0 Å². The number of benzene rings is 1. The van der Waals surface area contributed by atoms with Crippen LogP contribution in [0.5, 0.6) is 0 Å². The Balaban J connectivity index is 1.66. The first-order valence-corrected chi connectivity index (χ1v) is 11.7. The molecule has 0 atom stereocenters. The molecular formula is C22H25N3OS2. The summed E-state index contributed by atoms with van der Waals surface area (Å²) in [6.07, 6.45) is 8.75. The monoisotopic (exact) mass is 411 g/mol. The molecule has 1 saturated carbocycles. The molecule has 0 spiro atoms. The molecule has 4 nitrogen and oxygen atoms in total. The summed E-state index contributed by atoms with van der Waals surface area (Å²) in [5, 5.41) is 3.50. The molecule has 1 aliphatic carbocycles. The van der Waals surface area contributed by atoms with Crippen LogP contribution in [0.2, 0.25) is 0 Å². The summed E-state index contributed by atoms with van der Waals surface area (Å²) in [7, 11) is 0. The molecule has 2 aromatic rings. The normalized spacial score (nSPS) is 21.2. The van der Waals surface area contributed by atoms with Crippen LogP contribution >= 0.6 is 23.1 Å². The molecular weight excluding hydrogens is 386 g/mol. The summed E-state index contributed by atoms with van der Waals surface area (Å²) < 4.78 is 0. The predicted octanol–water partition coefficient (Wildman–Crippen LogP) is 5.95. The van der Waals surface area contributed by atoms with E-state index in [1.807, 2.05) is 23.3 Å². The highest BCUT2D eigenvalue weighted by atomic mass is 32.2. The maximum Gasteiger partial charge on any atom is 0.267 e. The Labute approximate surface area is 174 Å². The fraction of sp³-hybridized carbons (Fsp3) is 0.409. The number of rotatable bonds is 4. The van der Waals surface area contributed by atoms with E-state index in [9.17, 15) is 4.79 Å². The average molecular weight is 412 g/mol. The van der Waals surface area contributed by atoms with Crippen molar-refractivity contribution in [3.05, 3.63) is 51.4 Å². The molecule has 2 fully saturated rings. The van der Waals surface area contributed by atoms with Crippen molar-refractivity contribution in [3.8, 4) is 0 Å². The molecule has 1 saturated heterocycles. The molecule has 28 heavy (non-hydrogen) atoms. The summed E-state index contributed by atoms with van der Waals surface area (Å²) in [5.41, 5.74) is 3.33. The van der Waals surface area contributed by atoms with Crippen molar-refractivity contribution >= 4 is 45.4 Å². The molecule has 2 heterocycles. The van der Waals surface area contributed by atoms with E-state index in [4.69, 9.17) is 4.99 Å². The van der Waals surface area contributed by atoms with Gasteiger partial charge in [-0.3, -0.25) is 9.69 Å². The van der Waals surface area contributed by atoms with Gasteiger partial charge < -0.3 is 0 Å². The number of thioether (sulfide) groups is 1. The number of carbonyl (C=O) groups is 1. The lowest BCUT2D eigenvalue weighted by Gasteiger charge is -2.30. The van der Waals surface area contributed by atoms with E-state index in [0.717, 1.165) is 45.7 Å². The van der Waals surface area contributed by atoms with Crippen LogP contribution in [0.1, 0.15) is 55.8 Å². The maximum atomic E-state index is 13.3. The fourth-order valence-electron chi connectivity index (χ4n) is 3.70. The van der Waals surface area contributed by atoms with Crippen LogP contribution < -0.4 is 0 Å². The first-order valence-electron chi connectivity index (χ1n) is 9.97. The summed E-state index contributed by atoms with van der Waals surface area (Å²) in [5.74, 6) is 0.0866. The lowest BCUT2D eigenvalue weighted by molar-refractivity contribution is -0.124. The van der Waals surface area contributed by atoms with Crippen molar-refractivity contribution < 1.29 is 4.79 Å². The van der Waals surface area contributed by atoms with Crippen LogP contribution in [0.4, 0.5) is 5.13 Å². The number of hydrogen-bond donors (Lipinski definition) is 0. The minimum absolute atomic E-state index is 0.0866. The number of aromatic nitrogens is 1. The number of hydrogen-bond acceptors (Lipinski definition) is 5. The van der Waals surface area contributed by atoms with E-state index in [-0.39, 0.29) is 11.9 Å². The van der Waals surface area contributed by atoms with Crippen molar-refractivity contribution in [2.45, 2.75) is 58.4 Å². The molecule has 4 rings (SSSR count). The first-order chi connectivity index (χ1) is 13.6. The zero-order valence-corrected chi connectivity index (χ0v) is 18.0.